The van der Waals surface area contributed by atoms with Gasteiger partial charge in [0.25, 0.3) is 5.91 Å². The van der Waals surface area contributed by atoms with Crippen LogP contribution in [0.25, 0.3) is 11.1 Å². The second-order valence-electron chi connectivity index (χ2n) is 7.41. The second kappa shape index (κ2) is 10.1. The van der Waals surface area contributed by atoms with Crippen molar-refractivity contribution in [3.05, 3.63) is 114 Å². The van der Waals surface area contributed by atoms with E-state index in [1.54, 1.807) is 42.7 Å². The predicted molar refractivity (Wildman–Crippen MR) is 131 cm³/mol. The van der Waals surface area contributed by atoms with Crippen LogP contribution in [0.3, 0.4) is 0 Å². The van der Waals surface area contributed by atoms with Crippen LogP contribution in [-0.2, 0) is 4.79 Å². The van der Waals surface area contributed by atoms with Gasteiger partial charge in [-0.15, -0.1) is 0 Å². The van der Waals surface area contributed by atoms with Crippen LogP contribution in [0.2, 0.25) is 5.02 Å². The van der Waals surface area contributed by atoms with Gasteiger partial charge in [-0.25, -0.2) is 9.18 Å². The van der Waals surface area contributed by atoms with E-state index in [2.05, 4.69) is 10.3 Å². The summed E-state index contributed by atoms with van der Waals surface area (Å²) in [6.45, 7) is 0. The Morgan fingerprint density at radius 3 is 2.12 bits per heavy atom. The fraction of sp³-hybridized carbons (Fsp3) is 0.0385. The van der Waals surface area contributed by atoms with Gasteiger partial charge in [0.1, 0.15) is 11.9 Å². The molecule has 0 aliphatic heterocycles. The predicted octanol–water partition coefficient (Wildman–Crippen LogP) is 5.81. The summed E-state index contributed by atoms with van der Waals surface area (Å²) in [5.41, 5.74) is 8.34. The molecule has 0 saturated heterocycles. The first-order chi connectivity index (χ1) is 16.4. The number of amides is 3. The number of nitrogens with one attached hydrogen (secondary N) is 1. The van der Waals surface area contributed by atoms with Gasteiger partial charge in [0.05, 0.1) is 0 Å². The number of primary amides is 1. The van der Waals surface area contributed by atoms with Gasteiger partial charge in [-0.2, -0.15) is 0 Å². The molecule has 3 N–H and O–H groups in total. The monoisotopic (exact) mass is 474 g/mol. The van der Waals surface area contributed by atoms with Crippen molar-refractivity contribution >= 4 is 34.9 Å². The number of anilines is 2. The highest BCUT2D eigenvalue weighted by Crippen LogP contribution is 2.31. The molecule has 0 spiro atoms. The normalized spacial score (nSPS) is 11.5. The van der Waals surface area contributed by atoms with Crippen molar-refractivity contribution in [1.82, 2.24) is 4.98 Å². The van der Waals surface area contributed by atoms with Gasteiger partial charge in [0.15, 0.2) is 0 Å². The van der Waals surface area contributed by atoms with Gasteiger partial charge in [0, 0.05) is 34.4 Å². The number of aromatic nitrogens is 1. The van der Waals surface area contributed by atoms with Crippen LogP contribution < -0.4 is 16.0 Å². The molecule has 4 aromatic rings. The molecule has 0 fully saturated rings. The Bertz CT molecular complexity index is 1300. The molecule has 1 heterocycles. The lowest BCUT2D eigenvalue weighted by molar-refractivity contribution is -0.117. The zero-order valence-corrected chi connectivity index (χ0v) is 18.6. The average molecular weight is 475 g/mol. The fourth-order valence-corrected chi connectivity index (χ4v) is 3.73. The molecule has 0 radical (unpaired) electrons. The Labute approximate surface area is 200 Å². The molecule has 0 bridgehead atoms. The zero-order chi connectivity index (χ0) is 24.1. The molecular weight excluding hydrogens is 455 g/mol. The number of hydrogen-bond donors (Lipinski definition) is 2. The summed E-state index contributed by atoms with van der Waals surface area (Å²) in [5.74, 6) is -1.27. The Hall–Kier alpha value is -4.23. The summed E-state index contributed by atoms with van der Waals surface area (Å²) < 4.78 is 14.8. The molecule has 34 heavy (non-hydrogen) atoms. The highest BCUT2D eigenvalue weighted by molar-refractivity contribution is 6.30. The zero-order valence-electron chi connectivity index (χ0n) is 17.9. The second-order valence-corrected chi connectivity index (χ2v) is 7.85. The number of nitrogens with two attached hydrogens (primary N) is 1. The first-order valence-corrected chi connectivity index (χ1v) is 10.7. The average Bonchev–Trinajstić information content (AvgIpc) is 2.84. The van der Waals surface area contributed by atoms with E-state index in [1.165, 1.54) is 30.3 Å². The van der Waals surface area contributed by atoms with E-state index in [9.17, 15) is 14.0 Å². The third kappa shape index (κ3) is 5.05. The van der Waals surface area contributed by atoms with Crippen LogP contribution in [0, 0.1) is 5.82 Å². The number of carbonyl (C=O) groups is 2. The van der Waals surface area contributed by atoms with Crippen molar-refractivity contribution in [3.8, 4) is 11.1 Å². The summed E-state index contributed by atoms with van der Waals surface area (Å²) >= 11 is 5.97. The molecule has 0 aliphatic carbocycles. The molecule has 8 heteroatoms. The minimum atomic E-state index is -1.36. The van der Waals surface area contributed by atoms with Crippen molar-refractivity contribution in [1.29, 1.82) is 0 Å². The molecule has 0 saturated carbocycles. The Balaban J connectivity index is 1.69. The Kier molecular flexibility index (Phi) is 6.85. The van der Waals surface area contributed by atoms with Gasteiger partial charge in [-0.05, 0) is 65.7 Å². The van der Waals surface area contributed by atoms with Crippen molar-refractivity contribution in [3.63, 3.8) is 0 Å². The number of halogens is 2. The lowest BCUT2D eigenvalue weighted by atomic mass is 10.0. The summed E-state index contributed by atoms with van der Waals surface area (Å²) in [7, 11) is 0. The van der Waals surface area contributed by atoms with E-state index in [0.717, 1.165) is 16.0 Å². The third-order valence-electron chi connectivity index (χ3n) is 5.21. The number of hydrogen-bond acceptors (Lipinski definition) is 3. The molecule has 170 valence electrons. The minimum Gasteiger partial charge on any atom is -0.351 e. The maximum atomic E-state index is 14.8. The number of carbonyl (C=O) groups excluding carboxylic acids is 2. The summed E-state index contributed by atoms with van der Waals surface area (Å²) in [6.07, 6.45) is 3.39. The molecule has 0 aliphatic rings. The van der Waals surface area contributed by atoms with Crippen LogP contribution in [-0.4, -0.2) is 16.9 Å². The fourth-order valence-electron chi connectivity index (χ4n) is 3.60. The van der Waals surface area contributed by atoms with E-state index in [1.807, 2.05) is 24.3 Å². The molecule has 4 rings (SSSR count). The van der Waals surface area contributed by atoms with Crippen LogP contribution in [0.15, 0.2) is 97.3 Å². The number of benzene rings is 3. The van der Waals surface area contributed by atoms with Crippen LogP contribution in [0.4, 0.5) is 20.6 Å². The lowest BCUT2D eigenvalue weighted by Crippen LogP contribution is -2.44. The van der Waals surface area contributed by atoms with Crippen molar-refractivity contribution < 1.29 is 14.0 Å². The molecule has 6 nitrogen and oxygen atoms in total. The molecule has 1 aromatic heterocycles. The molecular formula is C26H20ClFN4O2. The first-order valence-electron chi connectivity index (χ1n) is 10.3. The first kappa shape index (κ1) is 22.9. The summed E-state index contributed by atoms with van der Waals surface area (Å²) in [6, 6.07) is 20.5. The van der Waals surface area contributed by atoms with Crippen LogP contribution in [0.5, 0.6) is 0 Å². The number of nitrogens with zero attached hydrogens (tertiary/aromatic N) is 2. The molecule has 3 amide bonds. The van der Waals surface area contributed by atoms with Gasteiger partial charge in [-0.3, -0.25) is 14.7 Å². The SMILES string of the molecule is NC(=O)N(c1ccc(Cl)cc1)C(C(=O)Nc1ccc(-c2ccncc2)cc1)c1ccccc1F. The van der Waals surface area contributed by atoms with Crippen molar-refractivity contribution in [2.45, 2.75) is 6.04 Å². The van der Waals surface area contributed by atoms with Gasteiger partial charge in [-0.1, -0.05) is 41.9 Å². The smallest absolute Gasteiger partial charge is 0.320 e. The number of rotatable bonds is 6. The molecule has 1 unspecified atom stereocenters. The largest absolute Gasteiger partial charge is 0.351 e. The van der Waals surface area contributed by atoms with E-state index in [-0.39, 0.29) is 5.56 Å². The van der Waals surface area contributed by atoms with Crippen molar-refractivity contribution in [2.75, 3.05) is 10.2 Å². The van der Waals surface area contributed by atoms with E-state index >= 15 is 0 Å². The Morgan fingerprint density at radius 2 is 1.50 bits per heavy atom. The van der Waals surface area contributed by atoms with Gasteiger partial charge < -0.3 is 11.1 Å². The summed E-state index contributed by atoms with van der Waals surface area (Å²) in [5, 5.41) is 3.21. The Morgan fingerprint density at radius 1 is 0.882 bits per heavy atom. The van der Waals surface area contributed by atoms with Gasteiger partial charge in [0.2, 0.25) is 0 Å². The highest BCUT2D eigenvalue weighted by Gasteiger charge is 2.33. The number of pyridine rings is 1. The van der Waals surface area contributed by atoms with E-state index in [4.69, 9.17) is 17.3 Å². The van der Waals surface area contributed by atoms with E-state index < -0.39 is 23.8 Å². The van der Waals surface area contributed by atoms with Gasteiger partial charge >= 0.3 is 6.03 Å². The lowest BCUT2D eigenvalue weighted by Gasteiger charge is -2.30. The van der Waals surface area contributed by atoms with Crippen LogP contribution in [0.1, 0.15) is 11.6 Å². The third-order valence-corrected chi connectivity index (χ3v) is 5.47. The summed E-state index contributed by atoms with van der Waals surface area (Å²) in [4.78, 5) is 31.0. The standard InChI is InChI=1S/C26H20ClFN4O2/c27-19-7-11-21(12-8-19)32(26(29)34)24(22-3-1-2-4-23(22)28)25(33)31-20-9-5-17(6-10-20)18-13-15-30-16-14-18/h1-16,24H,(H2,29,34)(H,31,33). The highest BCUT2D eigenvalue weighted by atomic mass is 35.5. The maximum Gasteiger partial charge on any atom is 0.320 e. The van der Waals surface area contributed by atoms with Crippen molar-refractivity contribution in [2.24, 2.45) is 5.73 Å². The maximum absolute atomic E-state index is 14.8. The molecule has 1 atom stereocenters. The topological polar surface area (TPSA) is 88.3 Å². The molecule has 3 aromatic carbocycles. The minimum absolute atomic E-state index is 0.00200. The van der Waals surface area contributed by atoms with Crippen LogP contribution >= 0.6 is 11.6 Å². The quantitative estimate of drug-likeness (QED) is 0.370. The van der Waals surface area contributed by atoms with E-state index in [0.29, 0.717) is 16.4 Å². The number of urea groups is 1.